The van der Waals surface area contributed by atoms with Gasteiger partial charge in [0.2, 0.25) is 0 Å². The molecule has 2 saturated carbocycles. The summed E-state index contributed by atoms with van der Waals surface area (Å²) in [6, 6.07) is 6.81. The summed E-state index contributed by atoms with van der Waals surface area (Å²) in [5.74, 6) is 4.78. The molecule has 5 atom stereocenters. The predicted molar refractivity (Wildman–Crippen MR) is 116 cm³/mol. The lowest BCUT2D eigenvalue weighted by Crippen LogP contribution is -2.37. The summed E-state index contributed by atoms with van der Waals surface area (Å²) in [6.45, 7) is 5.69. The molecule has 2 fully saturated rings. The molecule has 0 heterocycles. The molecule has 1 aromatic rings. The van der Waals surface area contributed by atoms with Gasteiger partial charge in [-0.15, -0.1) is 0 Å². The van der Waals surface area contributed by atoms with E-state index in [1.54, 1.807) is 5.56 Å². The minimum atomic E-state index is 0.509. The van der Waals surface area contributed by atoms with Crippen LogP contribution in [0.1, 0.15) is 69.9 Å². The number of benzene rings is 1. The zero-order valence-corrected chi connectivity index (χ0v) is 17.9. The third-order valence-corrected chi connectivity index (χ3v) is 7.69. The third kappa shape index (κ3) is 4.64. The van der Waals surface area contributed by atoms with Crippen molar-refractivity contribution in [2.24, 2.45) is 23.7 Å². The van der Waals surface area contributed by atoms with Crippen LogP contribution in [0.4, 0.5) is 0 Å². The fraction of sp³-hybridized carbons (Fsp3) is 0.692. The zero-order chi connectivity index (χ0) is 19.3. The van der Waals surface area contributed by atoms with E-state index in [0.29, 0.717) is 6.10 Å². The average Bonchev–Trinajstić information content (AvgIpc) is 2.73. The summed E-state index contributed by atoms with van der Waals surface area (Å²) in [4.78, 5) is 0. The van der Waals surface area contributed by atoms with Crippen molar-refractivity contribution in [1.82, 2.24) is 0 Å². The number of hydrogen-bond acceptors (Lipinski definition) is 2. The fourth-order valence-corrected chi connectivity index (χ4v) is 6.17. The topological polar surface area (TPSA) is 18.5 Å². The molecule has 0 aromatic heterocycles. The van der Waals surface area contributed by atoms with Crippen molar-refractivity contribution in [2.45, 2.75) is 77.7 Å². The average molecular weight is 383 g/mol. The summed E-state index contributed by atoms with van der Waals surface area (Å²) in [5.41, 5.74) is 3.12. The fourth-order valence-electron chi connectivity index (χ4n) is 6.17. The Morgan fingerprint density at radius 2 is 1.71 bits per heavy atom. The monoisotopic (exact) mass is 382 g/mol. The Morgan fingerprint density at radius 3 is 2.54 bits per heavy atom. The molecule has 0 N–H and O–H groups in total. The predicted octanol–water partition coefficient (Wildman–Crippen LogP) is 6.37. The maximum Gasteiger partial charge on any atom is 0.119 e. The van der Waals surface area contributed by atoms with Gasteiger partial charge in [-0.3, -0.25) is 0 Å². The van der Waals surface area contributed by atoms with E-state index in [0.717, 1.165) is 42.6 Å². The molecule has 3 aliphatic rings. The van der Waals surface area contributed by atoms with Crippen LogP contribution in [0.2, 0.25) is 0 Å². The van der Waals surface area contributed by atoms with Crippen molar-refractivity contribution in [3.8, 4) is 5.75 Å². The molecule has 2 heteroatoms. The highest BCUT2D eigenvalue weighted by Crippen LogP contribution is 2.47. The van der Waals surface area contributed by atoms with E-state index in [2.05, 4.69) is 44.2 Å². The van der Waals surface area contributed by atoms with Crippen LogP contribution in [0.3, 0.4) is 0 Å². The molecule has 0 radical (unpaired) electrons. The first-order valence-corrected chi connectivity index (χ1v) is 11.7. The van der Waals surface area contributed by atoms with Crippen molar-refractivity contribution in [1.29, 1.82) is 0 Å². The van der Waals surface area contributed by atoms with Gasteiger partial charge in [0.05, 0.1) is 19.3 Å². The van der Waals surface area contributed by atoms with Crippen molar-refractivity contribution >= 4 is 0 Å². The van der Waals surface area contributed by atoms with Gasteiger partial charge in [0.25, 0.3) is 0 Å². The smallest absolute Gasteiger partial charge is 0.119 e. The lowest BCUT2D eigenvalue weighted by molar-refractivity contribution is -0.0138. The Hall–Kier alpha value is -1.28. The molecule has 5 unspecified atom stereocenters. The molecule has 0 bridgehead atoms. The first kappa shape index (κ1) is 20.0. The van der Waals surface area contributed by atoms with Crippen LogP contribution >= 0.6 is 0 Å². The molecule has 154 valence electrons. The Kier molecular flexibility index (Phi) is 6.77. The molecule has 2 nitrogen and oxygen atoms in total. The van der Waals surface area contributed by atoms with Crippen LogP contribution in [0.5, 0.6) is 5.75 Å². The van der Waals surface area contributed by atoms with Gasteiger partial charge in [-0.05, 0) is 119 Å². The second kappa shape index (κ2) is 9.48. The Bertz CT molecular complexity index is 664. The summed E-state index contributed by atoms with van der Waals surface area (Å²) in [7, 11) is 0. The summed E-state index contributed by atoms with van der Waals surface area (Å²) in [6.07, 6.45) is 17.0. The SMILES string of the molecule is C/C=C/COC1CCC2CC(C3CCc4cc(OCC)ccc4C3)CCC2C1. The van der Waals surface area contributed by atoms with E-state index < -0.39 is 0 Å². The van der Waals surface area contributed by atoms with E-state index in [9.17, 15) is 0 Å². The van der Waals surface area contributed by atoms with Crippen LogP contribution in [0.15, 0.2) is 30.4 Å². The highest BCUT2D eigenvalue weighted by Gasteiger charge is 2.38. The van der Waals surface area contributed by atoms with Crippen molar-refractivity contribution < 1.29 is 9.47 Å². The quantitative estimate of drug-likeness (QED) is 0.532. The Morgan fingerprint density at radius 1 is 0.929 bits per heavy atom. The maximum atomic E-state index is 6.08. The van der Waals surface area contributed by atoms with E-state index >= 15 is 0 Å². The second-order valence-electron chi connectivity index (χ2n) is 9.30. The zero-order valence-electron chi connectivity index (χ0n) is 17.9. The molecule has 28 heavy (non-hydrogen) atoms. The standard InChI is InChI=1S/C26H38O2/c1-3-5-14-28-26-13-11-22-16-20(7-9-24(22)18-26)19-6-8-23-17-25(27-4-2)12-10-21(23)15-19/h3,5,10,12,17,19-20,22,24,26H,4,6-9,11,13-16,18H2,1-2H3/b5-3+. The van der Waals surface area contributed by atoms with Crippen molar-refractivity contribution in [3.63, 3.8) is 0 Å². The molecular formula is C26H38O2. The van der Waals surface area contributed by atoms with Crippen LogP contribution in [0.25, 0.3) is 0 Å². The van der Waals surface area contributed by atoms with Crippen molar-refractivity contribution in [2.75, 3.05) is 13.2 Å². The number of aryl methyl sites for hydroxylation is 1. The molecule has 0 aliphatic heterocycles. The maximum absolute atomic E-state index is 6.08. The van der Waals surface area contributed by atoms with Gasteiger partial charge < -0.3 is 9.47 Å². The number of ether oxygens (including phenoxy) is 2. The van der Waals surface area contributed by atoms with E-state index in [4.69, 9.17) is 9.47 Å². The Balaban J connectivity index is 1.30. The van der Waals surface area contributed by atoms with E-state index in [1.807, 2.05) is 0 Å². The summed E-state index contributed by atoms with van der Waals surface area (Å²) >= 11 is 0. The largest absolute Gasteiger partial charge is 0.494 e. The van der Waals surface area contributed by atoms with Crippen LogP contribution in [0, 0.1) is 23.7 Å². The number of fused-ring (bicyclic) bond motifs is 2. The lowest BCUT2D eigenvalue weighted by atomic mass is 9.62. The summed E-state index contributed by atoms with van der Waals surface area (Å²) < 4.78 is 11.8. The van der Waals surface area contributed by atoms with Crippen LogP contribution in [-0.2, 0) is 17.6 Å². The van der Waals surface area contributed by atoms with Gasteiger partial charge in [0.15, 0.2) is 0 Å². The molecule has 0 spiro atoms. The van der Waals surface area contributed by atoms with Gasteiger partial charge in [-0.25, -0.2) is 0 Å². The number of rotatable bonds is 6. The molecule has 1 aromatic carbocycles. The first-order valence-electron chi connectivity index (χ1n) is 11.7. The lowest BCUT2D eigenvalue weighted by Gasteiger charge is -2.44. The van der Waals surface area contributed by atoms with Gasteiger partial charge in [0.1, 0.15) is 5.75 Å². The molecule has 0 saturated heterocycles. The number of allylic oxidation sites excluding steroid dienone is 1. The van der Waals surface area contributed by atoms with Crippen LogP contribution in [-0.4, -0.2) is 19.3 Å². The molecule has 4 rings (SSSR count). The number of hydrogen-bond donors (Lipinski definition) is 0. The van der Waals surface area contributed by atoms with Gasteiger partial charge in [-0.2, -0.15) is 0 Å². The highest BCUT2D eigenvalue weighted by atomic mass is 16.5. The molecule has 0 amide bonds. The van der Waals surface area contributed by atoms with Gasteiger partial charge >= 0.3 is 0 Å². The Labute approximate surface area is 171 Å². The van der Waals surface area contributed by atoms with Gasteiger partial charge in [0, 0.05) is 0 Å². The van der Waals surface area contributed by atoms with E-state index in [-0.39, 0.29) is 0 Å². The second-order valence-corrected chi connectivity index (χ2v) is 9.30. The minimum Gasteiger partial charge on any atom is -0.494 e. The van der Waals surface area contributed by atoms with Crippen LogP contribution < -0.4 is 4.74 Å². The third-order valence-electron chi connectivity index (χ3n) is 7.69. The van der Waals surface area contributed by atoms with Crippen molar-refractivity contribution in [3.05, 3.63) is 41.5 Å². The normalized spacial score (nSPS) is 32.7. The molecular weight excluding hydrogens is 344 g/mol. The molecule has 3 aliphatic carbocycles. The minimum absolute atomic E-state index is 0.509. The van der Waals surface area contributed by atoms with Gasteiger partial charge in [-0.1, -0.05) is 18.2 Å². The first-order chi connectivity index (χ1) is 13.8. The van der Waals surface area contributed by atoms with E-state index in [1.165, 1.54) is 63.4 Å². The summed E-state index contributed by atoms with van der Waals surface area (Å²) in [5, 5.41) is 0. The highest BCUT2D eigenvalue weighted by molar-refractivity contribution is 5.37.